The van der Waals surface area contributed by atoms with E-state index >= 15 is 0 Å². The maximum atomic E-state index is 6.83. The van der Waals surface area contributed by atoms with E-state index in [0.29, 0.717) is 0 Å². The predicted octanol–water partition coefficient (Wildman–Crippen LogP) is -0.580. The van der Waals surface area contributed by atoms with Crippen molar-refractivity contribution in [2.45, 2.75) is 45.8 Å². The van der Waals surface area contributed by atoms with E-state index < -0.39 is 0 Å². The summed E-state index contributed by atoms with van der Waals surface area (Å²) >= 11 is 0. The second kappa shape index (κ2) is 16.5. The van der Waals surface area contributed by atoms with Crippen LogP contribution >= 0.6 is 0 Å². The van der Waals surface area contributed by atoms with E-state index in [1.165, 1.54) is 22.3 Å². The van der Waals surface area contributed by atoms with Gasteiger partial charge in [-0.15, -0.1) is 11.6 Å². The van der Waals surface area contributed by atoms with E-state index in [1.807, 2.05) is 19.9 Å². The van der Waals surface area contributed by atoms with Gasteiger partial charge in [-0.2, -0.15) is 29.8 Å². The summed E-state index contributed by atoms with van der Waals surface area (Å²) in [6.45, 7) is 8.32. The number of hydrogen-bond donors (Lipinski definition) is 0. The average Bonchev–Trinajstić information content (AvgIpc) is 2.87. The van der Waals surface area contributed by atoms with Crippen LogP contribution in [0.15, 0.2) is 42.5 Å². The SMILES string of the molecule is CCC(C)[NH-].C[SiH]C.[Cl-].[Cl-].[Zr+4].[c-]1cccc2c1Cc1ccccc1-2. The van der Waals surface area contributed by atoms with Gasteiger partial charge in [0.1, 0.15) is 0 Å². The minimum atomic E-state index is 0. The van der Waals surface area contributed by atoms with Crippen molar-refractivity contribution >= 4 is 9.52 Å². The van der Waals surface area contributed by atoms with E-state index in [4.69, 9.17) is 5.73 Å². The molecule has 1 aliphatic carbocycles. The van der Waals surface area contributed by atoms with Crippen LogP contribution in [-0.2, 0) is 32.6 Å². The Balaban J connectivity index is -0.000000351. The normalized spacial score (nSPS) is 10.5. The Morgan fingerprint density at radius 3 is 2.12 bits per heavy atom. The minimum absolute atomic E-state index is 0. The summed E-state index contributed by atoms with van der Waals surface area (Å²) in [7, 11) is 0.750. The van der Waals surface area contributed by atoms with Crippen molar-refractivity contribution in [1.82, 2.24) is 0 Å². The van der Waals surface area contributed by atoms with Gasteiger partial charge in [0, 0.05) is 9.52 Å². The molecule has 1 radical (unpaired) electrons. The predicted molar refractivity (Wildman–Crippen MR) is 96.5 cm³/mol. The molecule has 0 saturated carbocycles. The smallest absolute Gasteiger partial charge is 1.00 e. The largest absolute Gasteiger partial charge is 4.00 e. The standard InChI is InChI=1S/C13H9.C4H10N.C2H7Si.2ClH.Zr/c1-3-7-12-10(5-1)9-11-6-2-4-8-13(11)12;1-3-4(2)5;1-3-2;;;/h1-5,7-8H,9H2;4-5H,3H2,1-2H3;3H,1-2H3;2*1H;/q2*-1;;;;+4/p-2. The Kier molecular flexibility index (Phi) is 19.9. The Morgan fingerprint density at radius 2 is 1.58 bits per heavy atom. The molecule has 2 aromatic rings. The van der Waals surface area contributed by atoms with E-state index in [-0.39, 0.29) is 57.1 Å². The third kappa shape index (κ3) is 9.53. The molecule has 0 saturated heterocycles. The quantitative estimate of drug-likeness (QED) is 0.344. The van der Waals surface area contributed by atoms with Crippen LogP contribution in [0.5, 0.6) is 0 Å². The first-order valence-electron chi connectivity index (χ1n) is 7.66. The summed E-state index contributed by atoms with van der Waals surface area (Å²) in [5.41, 5.74) is 12.3. The van der Waals surface area contributed by atoms with Crippen LogP contribution in [-0.4, -0.2) is 15.6 Å². The van der Waals surface area contributed by atoms with Gasteiger partial charge in [0.05, 0.1) is 0 Å². The number of nitrogens with one attached hydrogen (secondary N) is 1. The minimum Gasteiger partial charge on any atom is -1.00 e. The van der Waals surface area contributed by atoms with Crippen LogP contribution in [0.25, 0.3) is 16.9 Å². The Bertz CT molecular complexity index is 507. The van der Waals surface area contributed by atoms with Crippen LogP contribution < -0.4 is 24.8 Å². The molecule has 0 fully saturated rings. The van der Waals surface area contributed by atoms with E-state index in [1.54, 1.807) is 0 Å². The summed E-state index contributed by atoms with van der Waals surface area (Å²) in [6.07, 6.45) is 2.02. The molecule has 24 heavy (non-hydrogen) atoms. The molecule has 5 heteroatoms. The molecule has 1 aliphatic rings. The van der Waals surface area contributed by atoms with Crippen molar-refractivity contribution in [1.29, 1.82) is 0 Å². The van der Waals surface area contributed by atoms with Crippen molar-refractivity contribution < 1.29 is 51.0 Å². The van der Waals surface area contributed by atoms with Gasteiger partial charge >= 0.3 is 26.2 Å². The molecular weight excluding hydrogens is 432 g/mol. The number of halogens is 2. The van der Waals surface area contributed by atoms with Crippen LogP contribution in [0.2, 0.25) is 13.1 Å². The molecule has 3 rings (SSSR count). The maximum Gasteiger partial charge on any atom is 4.00 e. The Morgan fingerprint density at radius 1 is 1.08 bits per heavy atom. The molecule has 1 nitrogen and oxygen atoms in total. The van der Waals surface area contributed by atoms with E-state index in [0.717, 1.165) is 22.4 Å². The molecular formula is C19H26Cl2NSiZr. The third-order valence-corrected chi connectivity index (χ3v) is 3.23. The molecule has 0 amide bonds. The topological polar surface area (TPSA) is 23.8 Å². The summed E-state index contributed by atoms with van der Waals surface area (Å²) in [4.78, 5) is 0. The fourth-order valence-electron chi connectivity index (χ4n) is 2.00. The summed E-state index contributed by atoms with van der Waals surface area (Å²) in [5.74, 6) is 0. The molecule has 0 aliphatic heterocycles. The number of hydrogen-bond acceptors (Lipinski definition) is 0. The van der Waals surface area contributed by atoms with E-state index in [2.05, 4.69) is 55.6 Å². The maximum absolute atomic E-state index is 6.83. The van der Waals surface area contributed by atoms with Crippen molar-refractivity contribution in [3.63, 3.8) is 0 Å². The molecule has 1 unspecified atom stereocenters. The third-order valence-electron chi connectivity index (χ3n) is 3.23. The average molecular weight is 459 g/mol. The zero-order chi connectivity index (χ0) is 15.7. The zero-order valence-electron chi connectivity index (χ0n) is 14.9. The van der Waals surface area contributed by atoms with Gasteiger partial charge in [-0.25, -0.2) is 0 Å². The first kappa shape index (κ1) is 28.9. The van der Waals surface area contributed by atoms with Gasteiger partial charge in [-0.1, -0.05) is 68.8 Å². The fraction of sp³-hybridized carbons (Fsp3) is 0.368. The first-order chi connectivity index (χ1) is 10.1. The van der Waals surface area contributed by atoms with Crippen LogP contribution in [0.4, 0.5) is 0 Å². The van der Waals surface area contributed by atoms with Crippen molar-refractivity contribution in [2.24, 2.45) is 0 Å². The summed E-state index contributed by atoms with van der Waals surface area (Å²) in [5, 5.41) is 0. The van der Waals surface area contributed by atoms with E-state index in [9.17, 15) is 0 Å². The van der Waals surface area contributed by atoms with Crippen LogP contribution in [0.1, 0.15) is 31.4 Å². The number of rotatable bonds is 1. The second-order valence-electron chi connectivity index (χ2n) is 5.28. The van der Waals surface area contributed by atoms with Gasteiger partial charge in [0.15, 0.2) is 0 Å². The molecule has 129 valence electrons. The van der Waals surface area contributed by atoms with Crippen molar-refractivity contribution in [3.8, 4) is 11.1 Å². The Hall–Kier alpha value is 0.0800. The van der Waals surface area contributed by atoms with Gasteiger partial charge in [-0.3, -0.25) is 0 Å². The molecule has 1 N–H and O–H groups in total. The molecule has 0 bridgehead atoms. The summed E-state index contributed by atoms with van der Waals surface area (Å²) in [6, 6.07) is 18.2. The van der Waals surface area contributed by atoms with Crippen molar-refractivity contribution in [3.05, 3.63) is 65.4 Å². The molecule has 0 heterocycles. The molecule has 0 aromatic heterocycles. The van der Waals surface area contributed by atoms with Gasteiger partial charge in [0.2, 0.25) is 0 Å². The number of benzene rings is 2. The fourth-order valence-corrected chi connectivity index (χ4v) is 2.00. The molecule has 0 spiro atoms. The Labute approximate surface area is 182 Å². The van der Waals surface area contributed by atoms with Crippen LogP contribution in [0, 0.1) is 6.07 Å². The second-order valence-corrected chi connectivity index (χ2v) is 6.44. The van der Waals surface area contributed by atoms with Crippen molar-refractivity contribution in [2.75, 3.05) is 0 Å². The zero-order valence-corrected chi connectivity index (χ0v) is 20.0. The molecule has 1 atom stereocenters. The monoisotopic (exact) mass is 456 g/mol. The summed E-state index contributed by atoms with van der Waals surface area (Å²) < 4.78 is 0. The van der Waals surface area contributed by atoms with Crippen LogP contribution in [0.3, 0.4) is 0 Å². The molecule has 2 aromatic carbocycles. The first-order valence-corrected chi connectivity index (χ1v) is 9.97. The number of fused-ring (bicyclic) bond motifs is 3. The van der Waals surface area contributed by atoms with Gasteiger partial charge in [0.25, 0.3) is 0 Å². The van der Waals surface area contributed by atoms with Gasteiger partial charge < -0.3 is 30.5 Å². The van der Waals surface area contributed by atoms with Gasteiger partial charge in [-0.05, 0) is 6.42 Å².